The summed E-state index contributed by atoms with van der Waals surface area (Å²) in [6.07, 6.45) is 0.984. The largest absolute Gasteiger partial charge is 0.496 e. The summed E-state index contributed by atoms with van der Waals surface area (Å²) >= 11 is 5.89. The SMILES string of the molecule is COc1cc(Cl)ccc1C(=O)N(C)C1CCNC1.Cl. The number of benzene rings is 1. The number of carbonyl (C=O) groups is 1. The Hall–Kier alpha value is -0.970. The van der Waals surface area contributed by atoms with Crippen LogP contribution in [0.1, 0.15) is 16.8 Å². The van der Waals surface area contributed by atoms with E-state index in [1.807, 2.05) is 7.05 Å². The van der Waals surface area contributed by atoms with Crippen molar-refractivity contribution in [3.63, 3.8) is 0 Å². The number of hydrogen-bond acceptors (Lipinski definition) is 3. The number of methoxy groups -OCH3 is 1. The molecular formula is C13H18Cl2N2O2. The molecule has 106 valence electrons. The van der Waals surface area contributed by atoms with Crippen molar-refractivity contribution in [1.29, 1.82) is 0 Å². The fourth-order valence-electron chi connectivity index (χ4n) is 2.17. The fraction of sp³-hybridized carbons (Fsp3) is 0.462. The van der Waals surface area contributed by atoms with Crippen molar-refractivity contribution >= 4 is 29.9 Å². The van der Waals surface area contributed by atoms with E-state index < -0.39 is 0 Å². The lowest BCUT2D eigenvalue weighted by atomic mass is 10.1. The minimum Gasteiger partial charge on any atom is -0.496 e. The summed E-state index contributed by atoms with van der Waals surface area (Å²) in [4.78, 5) is 14.2. The van der Waals surface area contributed by atoms with Crippen LogP contribution in [0.3, 0.4) is 0 Å². The van der Waals surface area contributed by atoms with Gasteiger partial charge in [-0.05, 0) is 31.2 Å². The van der Waals surface area contributed by atoms with E-state index in [0.29, 0.717) is 16.3 Å². The monoisotopic (exact) mass is 304 g/mol. The van der Waals surface area contributed by atoms with Gasteiger partial charge in [0.05, 0.1) is 12.7 Å². The molecule has 0 aromatic heterocycles. The van der Waals surface area contributed by atoms with Crippen molar-refractivity contribution in [2.75, 3.05) is 27.2 Å². The number of likely N-dealkylation sites (N-methyl/N-ethyl adjacent to an activating group) is 1. The minimum atomic E-state index is -0.0304. The Morgan fingerprint density at radius 3 is 2.84 bits per heavy atom. The third-order valence-electron chi connectivity index (χ3n) is 3.30. The maximum Gasteiger partial charge on any atom is 0.257 e. The zero-order chi connectivity index (χ0) is 13.1. The molecule has 1 aromatic carbocycles. The van der Waals surface area contributed by atoms with Crippen molar-refractivity contribution in [2.24, 2.45) is 0 Å². The number of rotatable bonds is 3. The quantitative estimate of drug-likeness (QED) is 0.931. The zero-order valence-corrected chi connectivity index (χ0v) is 12.6. The molecule has 0 radical (unpaired) electrons. The molecule has 0 spiro atoms. The number of hydrogen-bond donors (Lipinski definition) is 1. The van der Waals surface area contributed by atoms with Crippen molar-refractivity contribution in [2.45, 2.75) is 12.5 Å². The third kappa shape index (κ3) is 3.53. The van der Waals surface area contributed by atoms with Gasteiger partial charge in [-0.25, -0.2) is 0 Å². The van der Waals surface area contributed by atoms with Crippen LogP contribution >= 0.6 is 24.0 Å². The minimum absolute atomic E-state index is 0. The Bertz CT molecular complexity index is 448. The molecule has 2 rings (SSSR count). The van der Waals surface area contributed by atoms with Crippen LogP contribution in [0.15, 0.2) is 18.2 Å². The van der Waals surface area contributed by atoms with E-state index in [1.54, 1.807) is 30.2 Å². The highest BCUT2D eigenvalue weighted by Gasteiger charge is 2.25. The lowest BCUT2D eigenvalue weighted by Gasteiger charge is -2.24. The van der Waals surface area contributed by atoms with E-state index >= 15 is 0 Å². The second kappa shape index (κ2) is 6.98. The summed E-state index contributed by atoms with van der Waals surface area (Å²) in [6, 6.07) is 5.33. The predicted molar refractivity (Wildman–Crippen MR) is 78.6 cm³/mol. The molecule has 0 saturated carbocycles. The average molecular weight is 305 g/mol. The summed E-state index contributed by atoms with van der Waals surface area (Å²) in [5, 5.41) is 3.81. The second-order valence-electron chi connectivity index (χ2n) is 4.41. The highest BCUT2D eigenvalue weighted by Crippen LogP contribution is 2.25. The summed E-state index contributed by atoms with van der Waals surface area (Å²) in [7, 11) is 3.37. The Balaban J connectivity index is 0.00000180. The van der Waals surface area contributed by atoms with E-state index in [2.05, 4.69) is 5.32 Å². The first-order valence-corrected chi connectivity index (χ1v) is 6.32. The van der Waals surface area contributed by atoms with Gasteiger partial charge in [0.25, 0.3) is 5.91 Å². The van der Waals surface area contributed by atoms with E-state index in [-0.39, 0.29) is 24.4 Å². The van der Waals surface area contributed by atoms with Gasteiger partial charge < -0.3 is 15.0 Å². The van der Waals surface area contributed by atoms with E-state index in [0.717, 1.165) is 19.5 Å². The molecular weight excluding hydrogens is 287 g/mol. The normalized spacial score (nSPS) is 17.7. The highest BCUT2D eigenvalue weighted by atomic mass is 35.5. The van der Waals surface area contributed by atoms with Crippen molar-refractivity contribution in [1.82, 2.24) is 10.2 Å². The Morgan fingerprint density at radius 2 is 2.26 bits per heavy atom. The molecule has 0 bridgehead atoms. The van der Waals surface area contributed by atoms with E-state index in [1.165, 1.54) is 0 Å². The number of halogens is 2. The van der Waals surface area contributed by atoms with Gasteiger partial charge >= 0.3 is 0 Å². The third-order valence-corrected chi connectivity index (χ3v) is 3.53. The molecule has 1 aromatic rings. The first-order valence-electron chi connectivity index (χ1n) is 5.95. The number of nitrogens with one attached hydrogen (secondary N) is 1. The summed E-state index contributed by atoms with van der Waals surface area (Å²) in [5.74, 6) is 0.488. The van der Waals surface area contributed by atoms with Crippen LogP contribution in [0, 0.1) is 0 Å². The van der Waals surface area contributed by atoms with Gasteiger partial charge in [-0.15, -0.1) is 12.4 Å². The predicted octanol–water partition coefficient (Wildman–Crippen LogP) is 2.20. The number of amides is 1. The van der Waals surface area contributed by atoms with Crippen molar-refractivity contribution < 1.29 is 9.53 Å². The average Bonchev–Trinajstić information content (AvgIpc) is 2.90. The van der Waals surface area contributed by atoms with Gasteiger partial charge in [0, 0.05) is 24.7 Å². The van der Waals surface area contributed by atoms with Gasteiger partial charge in [-0.2, -0.15) is 0 Å². The van der Waals surface area contributed by atoms with Crippen LogP contribution in [0.2, 0.25) is 5.02 Å². The van der Waals surface area contributed by atoms with Crippen LogP contribution in [-0.4, -0.2) is 44.1 Å². The molecule has 1 heterocycles. The molecule has 1 unspecified atom stereocenters. The van der Waals surface area contributed by atoms with E-state index in [9.17, 15) is 4.79 Å². The first kappa shape index (κ1) is 16.1. The lowest BCUT2D eigenvalue weighted by Crippen LogP contribution is -2.38. The molecule has 1 saturated heterocycles. The van der Waals surface area contributed by atoms with E-state index in [4.69, 9.17) is 16.3 Å². The van der Waals surface area contributed by atoms with Gasteiger partial charge in [0.1, 0.15) is 5.75 Å². The number of nitrogens with zero attached hydrogens (tertiary/aromatic N) is 1. The summed E-state index contributed by atoms with van der Waals surface area (Å²) in [6.45, 7) is 1.80. The number of carbonyl (C=O) groups excluding carboxylic acids is 1. The molecule has 1 fully saturated rings. The van der Waals surface area contributed by atoms with Crippen molar-refractivity contribution in [3.05, 3.63) is 28.8 Å². The summed E-state index contributed by atoms with van der Waals surface area (Å²) < 4.78 is 5.21. The Morgan fingerprint density at radius 1 is 1.53 bits per heavy atom. The maximum absolute atomic E-state index is 12.4. The molecule has 1 aliphatic rings. The number of ether oxygens (including phenoxy) is 1. The molecule has 6 heteroatoms. The van der Waals surface area contributed by atoms with Gasteiger partial charge in [-0.1, -0.05) is 11.6 Å². The molecule has 1 aliphatic heterocycles. The van der Waals surface area contributed by atoms with Crippen molar-refractivity contribution in [3.8, 4) is 5.75 Å². The molecule has 4 nitrogen and oxygen atoms in total. The zero-order valence-electron chi connectivity index (χ0n) is 11.0. The van der Waals surface area contributed by atoms with Crippen LogP contribution in [0.4, 0.5) is 0 Å². The van der Waals surface area contributed by atoms with Crippen LogP contribution < -0.4 is 10.1 Å². The topological polar surface area (TPSA) is 41.6 Å². The fourth-order valence-corrected chi connectivity index (χ4v) is 2.33. The van der Waals surface area contributed by atoms with Gasteiger partial charge in [0.2, 0.25) is 0 Å². The second-order valence-corrected chi connectivity index (χ2v) is 4.84. The van der Waals surface area contributed by atoms with Gasteiger partial charge in [0.15, 0.2) is 0 Å². The Labute approximate surface area is 124 Å². The first-order chi connectivity index (χ1) is 8.63. The molecule has 0 aliphatic carbocycles. The molecule has 1 atom stereocenters. The maximum atomic E-state index is 12.4. The summed E-state index contributed by atoms with van der Waals surface area (Å²) in [5.41, 5.74) is 0.552. The van der Waals surface area contributed by atoms with Crippen LogP contribution in [-0.2, 0) is 0 Å². The smallest absolute Gasteiger partial charge is 0.257 e. The molecule has 1 N–H and O–H groups in total. The van der Waals surface area contributed by atoms with Crippen LogP contribution in [0.25, 0.3) is 0 Å². The lowest BCUT2D eigenvalue weighted by molar-refractivity contribution is 0.0740. The Kier molecular flexibility index (Phi) is 5.91. The standard InChI is InChI=1S/C13H17ClN2O2.ClH/c1-16(10-5-6-15-8-10)13(17)11-4-3-9(14)7-12(11)18-2;/h3-4,7,10,15H,5-6,8H2,1-2H3;1H. The van der Waals surface area contributed by atoms with Gasteiger partial charge in [-0.3, -0.25) is 4.79 Å². The highest BCUT2D eigenvalue weighted by molar-refractivity contribution is 6.30. The molecule has 19 heavy (non-hydrogen) atoms. The molecule has 1 amide bonds. The van der Waals surface area contributed by atoms with Crippen LogP contribution in [0.5, 0.6) is 5.75 Å².